The van der Waals surface area contributed by atoms with E-state index in [2.05, 4.69) is 37.0 Å². The minimum Gasteiger partial charge on any atom is -0.435 e. The van der Waals surface area contributed by atoms with Gasteiger partial charge in [0.25, 0.3) is 0 Å². The number of nitrogens with one attached hydrogen (secondary N) is 1. The fourth-order valence-electron chi connectivity index (χ4n) is 2.82. The lowest BCUT2D eigenvalue weighted by Gasteiger charge is -2.12. The smallest absolute Gasteiger partial charge is 0.308 e. The fourth-order valence-corrected chi connectivity index (χ4v) is 2.82. The number of alkyl halides is 3. The molecular formula is C25H29F3N6O3. The molecule has 12 heteroatoms. The molecule has 198 valence electrons. The van der Waals surface area contributed by atoms with Crippen molar-refractivity contribution in [2.24, 2.45) is 20.0 Å². The number of halogens is 3. The average Bonchev–Trinajstić information content (AvgIpc) is 2.92. The number of nitrogens with zero attached hydrogens (tertiary/aromatic N) is 5. The number of rotatable bonds is 9. The maximum absolute atomic E-state index is 12.9. The highest BCUT2D eigenvalue weighted by molar-refractivity contribution is 6.10. The van der Waals surface area contributed by atoms with Crippen molar-refractivity contribution in [2.75, 3.05) is 20.9 Å². The largest absolute Gasteiger partial charge is 0.435 e. The molecule has 0 bridgehead atoms. The molecule has 0 aliphatic carbocycles. The Morgan fingerprint density at radius 1 is 1.16 bits per heavy atom. The molecule has 9 nitrogen and oxygen atoms in total. The molecule has 1 aromatic heterocycles. The minimum absolute atomic E-state index is 0.206. The van der Waals surface area contributed by atoms with E-state index in [4.69, 9.17) is 9.47 Å². The standard InChI is InChI=1S/C23H23FN6O3.2CH3F/c1-16(31)32-20-11-17(3-4-19(20)33-23-12-18(14-24)6-8-28-23)5-7-26-21-13-22(30-15-29-21)27-10-9-25-2;2*1-2/h3-4,6,8-12,15H,2,5,7,13-14H2,1H3,(H,26,27,29,30);2*1H3/b10-9-;;. The van der Waals surface area contributed by atoms with Gasteiger partial charge < -0.3 is 14.8 Å². The lowest BCUT2D eigenvalue weighted by atomic mass is 10.1. The molecule has 1 aromatic carbocycles. The number of pyridine rings is 1. The van der Waals surface area contributed by atoms with E-state index in [1.54, 1.807) is 24.4 Å². The summed E-state index contributed by atoms with van der Waals surface area (Å²) in [6.45, 7) is 4.51. The van der Waals surface area contributed by atoms with Crippen LogP contribution in [0.25, 0.3) is 0 Å². The van der Waals surface area contributed by atoms with Gasteiger partial charge in [-0.3, -0.25) is 23.6 Å². The Kier molecular flexibility index (Phi) is 14.9. The third kappa shape index (κ3) is 11.3. The summed E-state index contributed by atoms with van der Waals surface area (Å²) in [7, 11) is 1.00. The van der Waals surface area contributed by atoms with E-state index in [0.29, 0.717) is 56.7 Å². The minimum atomic E-state index is -0.632. The summed E-state index contributed by atoms with van der Waals surface area (Å²) >= 11 is 0. The third-order valence-electron chi connectivity index (χ3n) is 4.30. The Balaban J connectivity index is 0.00000163. The molecule has 0 atom stereocenters. The zero-order valence-corrected chi connectivity index (χ0v) is 20.8. The topological polar surface area (TPSA) is 110 Å². The number of benzene rings is 1. The highest BCUT2D eigenvalue weighted by Crippen LogP contribution is 2.32. The van der Waals surface area contributed by atoms with Crippen LogP contribution >= 0.6 is 0 Å². The first kappa shape index (κ1) is 30.7. The second-order valence-corrected chi connectivity index (χ2v) is 6.80. The SMILES string of the molecule is C=N/C=C\NC1=NC=NC(=NCCc2ccc(Oc3cc(CF)ccn3)c(OC(C)=O)c2)C1.CF.CF. The van der Waals surface area contributed by atoms with Gasteiger partial charge in [-0.25, -0.2) is 19.4 Å². The van der Waals surface area contributed by atoms with Crippen LogP contribution in [0, 0.1) is 0 Å². The van der Waals surface area contributed by atoms with Gasteiger partial charge in [0.05, 0.1) is 20.8 Å². The van der Waals surface area contributed by atoms with Crippen LogP contribution in [0.5, 0.6) is 17.4 Å². The molecule has 0 radical (unpaired) electrons. The number of esters is 1. The molecule has 0 saturated heterocycles. The summed E-state index contributed by atoms with van der Waals surface area (Å²) in [5.74, 6) is 1.61. The van der Waals surface area contributed by atoms with Crippen LogP contribution in [-0.4, -0.2) is 56.6 Å². The highest BCUT2D eigenvalue weighted by atomic mass is 19.1. The maximum atomic E-state index is 12.9. The normalized spacial score (nSPS) is 13.0. The van der Waals surface area contributed by atoms with Crippen molar-refractivity contribution < 1.29 is 27.4 Å². The Morgan fingerprint density at radius 2 is 1.95 bits per heavy atom. The van der Waals surface area contributed by atoms with E-state index in [9.17, 15) is 18.0 Å². The number of aliphatic imine (C=N–C) groups is 4. The lowest BCUT2D eigenvalue weighted by Crippen LogP contribution is -2.23. The van der Waals surface area contributed by atoms with E-state index < -0.39 is 12.6 Å². The molecule has 2 aromatic rings. The molecule has 0 amide bonds. The van der Waals surface area contributed by atoms with E-state index >= 15 is 0 Å². The average molecular weight is 519 g/mol. The quantitative estimate of drug-likeness (QED) is 0.286. The fraction of sp³-hybridized carbons (Fsp3) is 0.280. The Morgan fingerprint density at radius 3 is 2.65 bits per heavy atom. The number of carbonyl (C=O) groups excluding carboxylic acids is 1. The second-order valence-electron chi connectivity index (χ2n) is 6.80. The van der Waals surface area contributed by atoms with Gasteiger partial charge in [0.2, 0.25) is 5.88 Å². The van der Waals surface area contributed by atoms with Crippen molar-refractivity contribution in [3.63, 3.8) is 0 Å². The van der Waals surface area contributed by atoms with E-state index in [1.165, 1.54) is 31.7 Å². The van der Waals surface area contributed by atoms with Gasteiger partial charge in [0.1, 0.15) is 24.7 Å². The van der Waals surface area contributed by atoms with Gasteiger partial charge in [-0.1, -0.05) is 6.07 Å². The van der Waals surface area contributed by atoms with Crippen LogP contribution in [0.1, 0.15) is 24.5 Å². The maximum Gasteiger partial charge on any atom is 0.308 e. The Labute approximate surface area is 213 Å². The summed E-state index contributed by atoms with van der Waals surface area (Å²) in [6.07, 6.45) is 7.10. The Bertz CT molecular complexity index is 1140. The van der Waals surface area contributed by atoms with Crippen LogP contribution in [0.2, 0.25) is 0 Å². The second kappa shape index (κ2) is 18.0. The molecule has 3 rings (SSSR count). The van der Waals surface area contributed by atoms with Crippen LogP contribution in [0.4, 0.5) is 13.2 Å². The van der Waals surface area contributed by atoms with Crippen molar-refractivity contribution in [3.05, 3.63) is 60.1 Å². The third-order valence-corrected chi connectivity index (χ3v) is 4.30. The van der Waals surface area contributed by atoms with Gasteiger partial charge in [0.15, 0.2) is 11.5 Å². The first-order valence-electron chi connectivity index (χ1n) is 10.8. The number of carbonyl (C=O) groups is 1. The van der Waals surface area contributed by atoms with Crippen molar-refractivity contribution in [2.45, 2.75) is 26.4 Å². The van der Waals surface area contributed by atoms with Gasteiger partial charge in [-0.2, -0.15) is 0 Å². The Hall–Kier alpha value is -4.35. The summed E-state index contributed by atoms with van der Waals surface area (Å²) in [5.41, 5.74) is 1.33. The van der Waals surface area contributed by atoms with Crippen LogP contribution in [0.3, 0.4) is 0 Å². The van der Waals surface area contributed by atoms with Crippen molar-refractivity contribution in [3.8, 4) is 17.4 Å². The molecule has 1 N–H and O–H groups in total. The first-order valence-corrected chi connectivity index (χ1v) is 10.8. The summed E-state index contributed by atoms with van der Waals surface area (Å²) in [6, 6.07) is 8.27. The van der Waals surface area contributed by atoms with E-state index in [1.807, 2.05) is 6.07 Å². The zero-order valence-electron chi connectivity index (χ0n) is 20.8. The number of amidine groups is 2. The lowest BCUT2D eigenvalue weighted by molar-refractivity contribution is -0.132. The number of hydrogen-bond acceptors (Lipinski definition) is 8. The number of ether oxygens (including phenoxy) is 2. The van der Waals surface area contributed by atoms with Crippen molar-refractivity contribution >= 4 is 30.7 Å². The summed E-state index contributed by atoms with van der Waals surface area (Å²) in [4.78, 5) is 32.1. The monoisotopic (exact) mass is 518 g/mol. The summed E-state index contributed by atoms with van der Waals surface area (Å²) < 4.78 is 42.9. The van der Waals surface area contributed by atoms with Crippen molar-refractivity contribution in [1.29, 1.82) is 0 Å². The van der Waals surface area contributed by atoms with Crippen LogP contribution in [-0.2, 0) is 17.9 Å². The van der Waals surface area contributed by atoms with Gasteiger partial charge >= 0.3 is 5.97 Å². The molecule has 0 fully saturated rings. The van der Waals surface area contributed by atoms with Crippen LogP contribution in [0.15, 0.2) is 68.9 Å². The van der Waals surface area contributed by atoms with E-state index in [-0.39, 0.29) is 11.6 Å². The van der Waals surface area contributed by atoms with E-state index in [0.717, 1.165) is 5.56 Å². The van der Waals surface area contributed by atoms with Gasteiger partial charge in [0, 0.05) is 38.1 Å². The zero-order chi connectivity index (χ0) is 27.5. The predicted octanol–water partition coefficient (Wildman–Crippen LogP) is 4.97. The van der Waals surface area contributed by atoms with Gasteiger partial charge in [-0.15, -0.1) is 0 Å². The van der Waals surface area contributed by atoms with Crippen molar-refractivity contribution in [1.82, 2.24) is 10.3 Å². The molecule has 0 unspecified atom stereocenters. The molecule has 2 heterocycles. The highest BCUT2D eigenvalue weighted by Gasteiger charge is 2.12. The molecule has 0 spiro atoms. The van der Waals surface area contributed by atoms with Crippen LogP contribution < -0.4 is 14.8 Å². The number of hydrogen-bond donors (Lipinski definition) is 1. The molecule has 1 aliphatic rings. The molecule has 1 aliphatic heterocycles. The predicted molar refractivity (Wildman–Crippen MR) is 139 cm³/mol. The first-order chi connectivity index (χ1) is 18.1. The molecular weight excluding hydrogens is 489 g/mol. The number of aromatic nitrogens is 1. The van der Waals surface area contributed by atoms with Gasteiger partial charge in [-0.05, 0) is 42.5 Å². The summed E-state index contributed by atoms with van der Waals surface area (Å²) in [5, 5.41) is 2.99. The molecule has 37 heavy (non-hydrogen) atoms. The molecule has 0 saturated carbocycles.